The van der Waals surface area contributed by atoms with Crippen molar-refractivity contribution in [2.24, 2.45) is 0 Å². The van der Waals surface area contributed by atoms with Crippen LogP contribution in [0.1, 0.15) is 31.0 Å². The molecule has 0 atom stereocenters. The van der Waals surface area contributed by atoms with Crippen LogP contribution in [0.15, 0.2) is 5.38 Å². The molecule has 0 aliphatic carbocycles. The molecule has 0 saturated heterocycles. The van der Waals surface area contributed by atoms with E-state index in [1.165, 1.54) is 11.3 Å². The predicted molar refractivity (Wildman–Crippen MR) is 59.5 cm³/mol. The normalized spacial score (nSPS) is 11.1. The summed E-state index contributed by atoms with van der Waals surface area (Å²) in [7, 11) is 0. The van der Waals surface area contributed by atoms with Crippen molar-refractivity contribution in [2.45, 2.75) is 39.3 Å². The van der Waals surface area contributed by atoms with Crippen LogP contribution in [0.5, 0.6) is 0 Å². The molecule has 0 radical (unpaired) electrons. The molecule has 1 aromatic rings. The second-order valence-corrected chi connectivity index (χ2v) is 4.55. The molecule has 0 aromatic carbocycles. The van der Waals surface area contributed by atoms with E-state index in [0.717, 1.165) is 30.1 Å². The molecule has 0 amide bonds. The van der Waals surface area contributed by atoms with Gasteiger partial charge in [0.2, 0.25) is 0 Å². The topological polar surface area (TPSA) is 45.1 Å². The minimum absolute atomic E-state index is 0.0644. The molecule has 0 aliphatic rings. The van der Waals surface area contributed by atoms with E-state index in [2.05, 4.69) is 24.1 Å². The number of rotatable bonds is 6. The summed E-state index contributed by atoms with van der Waals surface area (Å²) in [5.41, 5.74) is 1.10. The van der Waals surface area contributed by atoms with Crippen molar-refractivity contribution in [1.82, 2.24) is 10.3 Å². The van der Waals surface area contributed by atoms with Gasteiger partial charge in [0.25, 0.3) is 0 Å². The van der Waals surface area contributed by atoms with Gasteiger partial charge in [-0.25, -0.2) is 4.98 Å². The first-order valence-electron chi connectivity index (χ1n) is 5.00. The summed E-state index contributed by atoms with van der Waals surface area (Å²) < 4.78 is 0. The van der Waals surface area contributed by atoms with Crippen LogP contribution in [-0.2, 0) is 13.0 Å². The van der Waals surface area contributed by atoms with Gasteiger partial charge in [-0.3, -0.25) is 0 Å². The van der Waals surface area contributed by atoms with Crippen LogP contribution in [0.3, 0.4) is 0 Å². The molecule has 2 N–H and O–H groups in total. The summed E-state index contributed by atoms with van der Waals surface area (Å²) >= 11 is 1.53. The third kappa shape index (κ3) is 4.17. The molecule has 1 rings (SSSR count). The molecule has 0 spiro atoms. The quantitative estimate of drug-likeness (QED) is 0.706. The summed E-state index contributed by atoms with van der Waals surface area (Å²) in [6, 6.07) is 0.554. The fraction of sp³-hybridized carbons (Fsp3) is 0.700. The van der Waals surface area contributed by atoms with Gasteiger partial charge in [-0.2, -0.15) is 0 Å². The number of hydrogen-bond donors (Lipinski definition) is 2. The monoisotopic (exact) mass is 214 g/mol. The first-order valence-corrected chi connectivity index (χ1v) is 5.88. The lowest BCUT2D eigenvalue weighted by atomic mass is 10.2. The van der Waals surface area contributed by atoms with Crippen molar-refractivity contribution < 1.29 is 5.11 Å². The van der Waals surface area contributed by atoms with Crippen molar-refractivity contribution in [1.29, 1.82) is 0 Å². The fourth-order valence-electron chi connectivity index (χ4n) is 1.20. The second kappa shape index (κ2) is 6.11. The largest absolute Gasteiger partial charge is 0.389 e. The van der Waals surface area contributed by atoms with E-state index < -0.39 is 0 Å². The van der Waals surface area contributed by atoms with Gasteiger partial charge in [-0.1, -0.05) is 13.8 Å². The molecule has 0 saturated carbocycles. The van der Waals surface area contributed by atoms with Gasteiger partial charge in [0.05, 0.1) is 12.3 Å². The Bertz CT molecular complexity index is 260. The first kappa shape index (κ1) is 11.6. The van der Waals surface area contributed by atoms with Crippen molar-refractivity contribution >= 4 is 11.3 Å². The highest BCUT2D eigenvalue weighted by Crippen LogP contribution is 2.10. The van der Waals surface area contributed by atoms with Gasteiger partial charge in [0.1, 0.15) is 5.01 Å². The van der Waals surface area contributed by atoms with E-state index in [4.69, 9.17) is 5.11 Å². The zero-order valence-corrected chi connectivity index (χ0v) is 9.60. The Kier molecular flexibility index (Phi) is 5.07. The highest BCUT2D eigenvalue weighted by atomic mass is 32.1. The second-order valence-electron chi connectivity index (χ2n) is 3.60. The van der Waals surface area contributed by atoms with Gasteiger partial charge in [-0.15, -0.1) is 11.3 Å². The molecule has 0 unspecified atom stereocenters. The van der Waals surface area contributed by atoms with E-state index in [1.54, 1.807) is 0 Å². The summed E-state index contributed by atoms with van der Waals surface area (Å²) in [6.45, 7) is 5.39. The third-order valence-electron chi connectivity index (χ3n) is 1.90. The average molecular weight is 214 g/mol. The molecular formula is C10H18N2OS. The minimum Gasteiger partial charge on any atom is -0.389 e. The lowest BCUT2D eigenvalue weighted by Gasteiger charge is -2.06. The molecule has 1 aromatic heterocycles. The Balaban J connectivity index is 2.18. The van der Waals surface area contributed by atoms with Gasteiger partial charge in [0.15, 0.2) is 0 Å². The SMILES string of the molecule is CC(C)NCCCc1csc(CO)n1. The molecule has 4 heteroatoms. The maximum atomic E-state index is 8.83. The van der Waals surface area contributed by atoms with Crippen LogP contribution < -0.4 is 5.32 Å². The van der Waals surface area contributed by atoms with Crippen molar-refractivity contribution in [3.8, 4) is 0 Å². The molecule has 0 bridgehead atoms. The Morgan fingerprint density at radius 1 is 1.57 bits per heavy atom. The number of aliphatic hydroxyl groups excluding tert-OH is 1. The van der Waals surface area contributed by atoms with Gasteiger partial charge in [0, 0.05) is 11.4 Å². The van der Waals surface area contributed by atoms with E-state index in [-0.39, 0.29) is 6.61 Å². The minimum atomic E-state index is 0.0644. The van der Waals surface area contributed by atoms with Crippen LogP contribution in [0.2, 0.25) is 0 Å². The van der Waals surface area contributed by atoms with E-state index in [1.807, 2.05) is 5.38 Å². The van der Waals surface area contributed by atoms with Crippen LogP contribution in [-0.4, -0.2) is 22.7 Å². The highest BCUT2D eigenvalue weighted by Gasteiger charge is 2.00. The van der Waals surface area contributed by atoms with Crippen LogP contribution in [0.4, 0.5) is 0 Å². The number of aromatic nitrogens is 1. The molecule has 3 nitrogen and oxygen atoms in total. The maximum absolute atomic E-state index is 8.83. The summed E-state index contributed by atoms with van der Waals surface area (Å²) in [5.74, 6) is 0. The van der Waals surface area contributed by atoms with Gasteiger partial charge in [-0.05, 0) is 19.4 Å². The molecule has 80 valence electrons. The van der Waals surface area contributed by atoms with Gasteiger partial charge >= 0.3 is 0 Å². The molecule has 0 fully saturated rings. The fourth-order valence-corrected chi connectivity index (χ4v) is 1.88. The number of aliphatic hydroxyl groups is 1. The molecule has 14 heavy (non-hydrogen) atoms. The standard InChI is InChI=1S/C10H18N2OS/c1-8(2)11-5-3-4-9-7-14-10(6-13)12-9/h7-8,11,13H,3-6H2,1-2H3. The van der Waals surface area contributed by atoms with E-state index >= 15 is 0 Å². The van der Waals surface area contributed by atoms with Crippen molar-refractivity contribution in [3.63, 3.8) is 0 Å². The number of nitrogens with one attached hydrogen (secondary N) is 1. The molecule has 1 heterocycles. The van der Waals surface area contributed by atoms with Crippen molar-refractivity contribution in [3.05, 3.63) is 16.1 Å². The number of aryl methyl sites for hydroxylation is 1. The van der Waals surface area contributed by atoms with Gasteiger partial charge < -0.3 is 10.4 Å². The van der Waals surface area contributed by atoms with Crippen LogP contribution >= 0.6 is 11.3 Å². The summed E-state index contributed by atoms with van der Waals surface area (Å²) in [6.07, 6.45) is 2.10. The Labute approximate surface area is 89.2 Å². The zero-order chi connectivity index (χ0) is 10.4. The highest BCUT2D eigenvalue weighted by molar-refractivity contribution is 7.09. The van der Waals surface area contributed by atoms with E-state index in [0.29, 0.717) is 6.04 Å². The average Bonchev–Trinajstić information content (AvgIpc) is 2.60. The van der Waals surface area contributed by atoms with E-state index in [9.17, 15) is 0 Å². The molecular weight excluding hydrogens is 196 g/mol. The van der Waals surface area contributed by atoms with Crippen LogP contribution in [0.25, 0.3) is 0 Å². The smallest absolute Gasteiger partial charge is 0.118 e. The first-order chi connectivity index (χ1) is 6.72. The zero-order valence-electron chi connectivity index (χ0n) is 8.79. The number of nitrogens with zero attached hydrogens (tertiary/aromatic N) is 1. The lowest BCUT2D eigenvalue weighted by molar-refractivity contribution is 0.281. The van der Waals surface area contributed by atoms with Crippen molar-refractivity contribution in [2.75, 3.05) is 6.54 Å². The Morgan fingerprint density at radius 2 is 2.36 bits per heavy atom. The third-order valence-corrected chi connectivity index (χ3v) is 2.78. The maximum Gasteiger partial charge on any atom is 0.118 e. The predicted octanol–water partition coefficient (Wildman–Crippen LogP) is 1.57. The lowest BCUT2D eigenvalue weighted by Crippen LogP contribution is -2.23. The summed E-state index contributed by atoms with van der Waals surface area (Å²) in [4.78, 5) is 4.29. The Morgan fingerprint density at radius 3 is 2.93 bits per heavy atom. The number of thiazole rings is 1. The van der Waals surface area contributed by atoms with Crippen LogP contribution in [0, 0.1) is 0 Å². The molecule has 0 aliphatic heterocycles. The Hall–Kier alpha value is -0.450. The summed E-state index contributed by atoms with van der Waals surface area (Å²) in [5, 5.41) is 15.0. The number of hydrogen-bond acceptors (Lipinski definition) is 4.